The molecule has 0 aliphatic heterocycles. The molecule has 3 rings (SSSR count). The second-order valence-corrected chi connectivity index (χ2v) is 9.20. The maximum atomic E-state index is 13.4. The summed E-state index contributed by atoms with van der Waals surface area (Å²) in [5, 5.41) is 0. The number of Topliss-reactive ketones (excluding diaryl/α,β-unsaturated/α-hetero) is 1. The van der Waals surface area contributed by atoms with Crippen LogP contribution in [-0.4, -0.2) is 33.3 Å². The summed E-state index contributed by atoms with van der Waals surface area (Å²) in [4.78, 5) is 26.1. The topological polar surface area (TPSA) is 80.8 Å². The Morgan fingerprint density at radius 3 is 2.03 bits per heavy atom. The van der Waals surface area contributed by atoms with Crippen molar-refractivity contribution in [2.75, 3.05) is 18.1 Å². The Hall–Kier alpha value is -4.23. The van der Waals surface area contributed by atoms with Crippen molar-refractivity contribution in [1.82, 2.24) is 0 Å². The Labute approximate surface area is 205 Å². The third-order valence-electron chi connectivity index (χ3n) is 4.95. The van der Waals surface area contributed by atoms with Crippen molar-refractivity contribution in [3.63, 3.8) is 0 Å². The van der Waals surface area contributed by atoms with Crippen LogP contribution in [0.25, 0.3) is 0 Å². The van der Waals surface area contributed by atoms with Crippen LogP contribution in [0.1, 0.15) is 10.4 Å². The zero-order valence-electron chi connectivity index (χ0n) is 19.0. The first-order valence-corrected chi connectivity index (χ1v) is 12.3. The highest BCUT2D eigenvalue weighted by Gasteiger charge is 2.27. The minimum absolute atomic E-state index is 0.0279. The van der Waals surface area contributed by atoms with Gasteiger partial charge >= 0.3 is 5.97 Å². The van der Waals surface area contributed by atoms with Gasteiger partial charge < -0.3 is 9.64 Å². The van der Waals surface area contributed by atoms with Crippen LogP contribution in [0.4, 0.5) is 5.69 Å². The predicted molar refractivity (Wildman–Crippen MR) is 137 cm³/mol. The van der Waals surface area contributed by atoms with Crippen molar-refractivity contribution in [3.8, 4) is 0 Å². The van der Waals surface area contributed by atoms with Gasteiger partial charge in [-0.1, -0.05) is 73.3 Å². The SMILES string of the molecule is C=CC(=O)OCCN(/C=C/C=C(/C(=O)c1ccccc1)S(=O)(=O)c1ccccc1)c1ccccc1. The quantitative estimate of drug-likeness (QED) is 0.164. The van der Waals surface area contributed by atoms with Gasteiger partial charge in [-0.25, -0.2) is 13.2 Å². The third kappa shape index (κ3) is 6.88. The molecule has 0 saturated heterocycles. The lowest BCUT2D eigenvalue weighted by molar-refractivity contribution is -0.137. The van der Waals surface area contributed by atoms with Crippen LogP contribution in [0.15, 0.2) is 132 Å². The lowest BCUT2D eigenvalue weighted by Gasteiger charge is -2.20. The molecule has 0 spiro atoms. The van der Waals surface area contributed by atoms with Crippen LogP contribution in [-0.2, 0) is 19.4 Å². The van der Waals surface area contributed by atoms with E-state index in [0.29, 0.717) is 6.54 Å². The number of hydrogen-bond donors (Lipinski definition) is 0. The van der Waals surface area contributed by atoms with Gasteiger partial charge in [0.05, 0.1) is 11.4 Å². The van der Waals surface area contributed by atoms with E-state index < -0.39 is 21.6 Å². The molecule has 0 saturated carbocycles. The van der Waals surface area contributed by atoms with Crippen LogP contribution < -0.4 is 4.90 Å². The van der Waals surface area contributed by atoms with Crippen molar-refractivity contribution in [1.29, 1.82) is 0 Å². The maximum Gasteiger partial charge on any atom is 0.330 e. The first-order chi connectivity index (χ1) is 16.9. The van der Waals surface area contributed by atoms with Gasteiger partial charge in [0, 0.05) is 23.5 Å². The molecular weight excluding hydrogens is 462 g/mol. The largest absolute Gasteiger partial charge is 0.461 e. The van der Waals surface area contributed by atoms with E-state index in [4.69, 9.17) is 4.74 Å². The van der Waals surface area contributed by atoms with Crippen LogP contribution in [0.3, 0.4) is 0 Å². The number of ketones is 1. The fourth-order valence-electron chi connectivity index (χ4n) is 3.19. The molecule has 35 heavy (non-hydrogen) atoms. The van der Waals surface area contributed by atoms with E-state index in [1.54, 1.807) is 59.6 Å². The first kappa shape index (κ1) is 25.4. The third-order valence-corrected chi connectivity index (χ3v) is 6.74. The zero-order valence-corrected chi connectivity index (χ0v) is 19.8. The van der Waals surface area contributed by atoms with Gasteiger partial charge in [0.25, 0.3) is 0 Å². The van der Waals surface area contributed by atoms with E-state index in [1.165, 1.54) is 24.3 Å². The lowest BCUT2D eigenvalue weighted by atomic mass is 10.1. The number of esters is 1. The first-order valence-electron chi connectivity index (χ1n) is 10.8. The van der Waals surface area contributed by atoms with E-state index in [1.807, 2.05) is 30.3 Å². The van der Waals surface area contributed by atoms with E-state index in [2.05, 4.69) is 6.58 Å². The molecule has 0 heterocycles. The number of allylic oxidation sites excluding steroid dienone is 3. The summed E-state index contributed by atoms with van der Waals surface area (Å²) < 4.78 is 31.8. The van der Waals surface area contributed by atoms with Gasteiger partial charge in [0.15, 0.2) is 0 Å². The highest BCUT2D eigenvalue weighted by Crippen LogP contribution is 2.23. The molecule has 0 fully saturated rings. The Balaban J connectivity index is 1.97. The van der Waals surface area contributed by atoms with Crippen LogP contribution in [0.2, 0.25) is 0 Å². The molecule has 0 atom stereocenters. The van der Waals surface area contributed by atoms with Crippen molar-refractivity contribution in [3.05, 3.63) is 132 Å². The maximum absolute atomic E-state index is 13.4. The number of hydrogen-bond acceptors (Lipinski definition) is 6. The molecule has 3 aromatic carbocycles. The summed E-state index contributed by atoms with van der Waals surface area (Å²) in [6.45, 7) is 3.77. The summed E-state index contributed by atoms with van der Waals surface area (Å²) in [6.07, 6.45) is 5.51. The Morgan fingerprint density at radius 1 is 0.857 bits per heavy atom. The van der Waals surface area contributed by atoms with Crippen molar-refractivity contribution < 1.29 is 22.7 Å². The number of para-hydroxylation sites is 1. The molecule has 0 N–H and O–H groups in total. The molecule has 0 radical (unpaired) electrons. The number of sulfone groups is 1. The molecule has 3 aromatic rings. The smallest absolute Gasteiger partial charge is 0.330 e. The second kappa shape index (κ2) is 12.3. The number of carbonyl (C=O) groups excluding carboxylic acids is 2. The Bertz CT molecular complexity index is 1320. The average molecular weight is 488 g/mol. The van der Waals surface area contributed by atoms with Gasteiger partial charge in [-0.2, -0.15) is 0 Å². The van der Waals surface area contributed by atoms with Crippen LogP contribution in [0, 0.1) is 0 Å². The number of nitrogens with zero attached hydrogens (tertiary/aromatic N) is 1. The van der Waals surface area contributed by atoms with Gasteiger partial charge in [0.1, 0.15) is 11.5 Å². The molecule has 0 aliphatic rings. The summed E-state index contributed by atoms with van der Waals surface area (Å²) in [5.74, 6) is -1.14. The molecule has 7 heteroatoms. The molecule has 0 aromatic heterocycles. The molecule has 178 valence electrons. The highest BCUT2D eigenvalue weighted by molar-refractivity contribution is 7.96. The molecule has 0 amide bonds. The monoisotopic (exact) mass is 487 g/mol. The standard InChI is InChI=1S/C28H25NO5S/c1-2-27(30)34-22-21-29(24-15-8-4-9-16-24)20-12-19-26(28(31)23-13-6-3-7-14-23)35(32,33)25-17-10-5-11-18-25/h2-20H,1,21-22H2/b20-12+,26-19-. The molecule has 0 unspecified atom stereocenters. The Morgan fingerprint density at radius 2 is 1.43 bits per heavy atom. The summed E-state index contributed by atoms with van der Waals surface area (Å²) in [5.41, 5.74) is 1.07. The molecule has 0 aliphatic carbocycles. The van der Waals surface area contributed by atoms with Gasteiger partial charge in [-0.15, -0.1) is 0 Å². The number of benzene rings is 3. The van der Waals surface area contributed by atoms with Gasteiger partial charge in [-0.3, -0.25) is 4.79 Å². The second-order valence-electron chi connectivity index (χ2n) is 7.28. The van der Waals surface area contributed by atoms with E-state index in [9.17, 15) is 18.0 Å². The van der Waals surface area contributed by atoms with Gasteiger partial charge in [-0.05, 0) is 36.4 Å². The summed E-state index contributed by atoms with van der Waals surface area (Å²) in [6, 6.07) is 25.4. The average Bonchev–Trinajstić information content (AvgIpc) is 2.91. The highest BCUT2D eigenvalue weighted by atomic mass is 32.2. The fourth-order valence-corrected chi connectivity index (χ4v) is 4.58. The van der Waals surface area contributed by atoms with E-state index in [-0.39, 0.29) is 22.0 Å². The fraction of sp³-hybridized carbons (Fsp3) is 0.0714. The van der Waals surface area contributed by atoms with Crippen molar-refractivity contribution in [2.45, 2.75) is 4.90 Å². The summed E-state index contributed by atoms with van der Waals surface area (Å²) >= 11 is 0. The molecule has 0 bridgehead atoms. The van der Waals surface area contributed by atoms with Crippen LogP contribution >= 0.6 is 0 Å². The molecular formula is C28H25NO5S. The minimum Gasteiger partial charge on any atom is -0.461 e. The van der Waals surface area contributed by atoms with Crippen LogP contribution in [0.5, 0.6) is 0 Å². The van der Waals surface area contributed by atoms with E-state index in [0.717, 1.165) is 11.8 Å². The number of ether oxygens (including phenoxy) is 1. The Kier molecular flexibility index (Phi) is 8.92. The number of rotatable bonds is 11. The predicted octanol–water partition coefficient (Wildman–Crippen LogP) is 4.98. The number of carbonyl (C=O) groups is 2. The zero-order chi connectivity index (χ0) is 25.1. The van der Waals surface area contributed by atoms with Crippen molar-refractivity contribution in [2.24, 2.45) is 0 Å². The normalized spacial score (nSPS) is 11.7. The van der Waals surface area contributed by atoms with Gasteiger partial charge in [0.2, 0.25) is 15.6 Å². The lowest BCUT2D eigenvalue weighted by Crippen LogP contribution is -2.22. The summed E-state index contributed by atoms with van der Waals surface area (Å²) in [7, 11) is -4.08. The molecule has 6 nitrogen and oxygen atoms in total. The number of anilines is 1. The van der Waals surface area contributed by atoms with Crippen molar-refractivity contribution >= 4 is 27.3 Å². The van der Waals surface area contributed by atoms with E-state index >= 15 is 0 Å². The minimum atomic E-state index is -4.08.